The lowest BCUT2D eigenvalue weighted by Gasteiger charge is -2.49. The summed E-state index contributed by atoms with van der Waals surface area (Å²) < 4.78 is 0. The van der Waals surface area contributed by atoms with Crippen LogP contribution in [0.15, 0.2) is 0 Å². The van der Waals surface area contributed by atoms with Gasteiger partial charge in [-0.1, -0.05) is 20.8 Å². The molecule has 0 spiro atoms. The van der Waals surface area contributed by atoms with Gasteiger partial charge in [0.25, 0.3) is 0 Å². The summed E-state index contributed by atoms with van der Waals surface area (Å²) in [6.45, 7) is 20.6. The van der Waals surface area contributed by atoms with Crippen molar-refractivity contribution >= 4 is 0 Å². The zero-order valence-electron chi connectivity index (χ0n) is 14.3. The molecule has 2 fully saturated rings. The topological polar surface area (TPSA) is 18.5 Å². The molecule has 2 saturated heterocycles. The number of nitrogens with one attached hydrogen (secondary N) is 1. The van der Waals surface area contributed by atoms with E-state index >= 15 is 0 Å². The molecular formula is C17H35N3. The summed E-state index contributed by atoms with van der Waals surface area (Å²) in [5, 5.41) is 3.50. The molecule has 2 heterocycles. The zero-order valence-corrected chi connectivity index (χ0v) is 14.3. The van der Waals surface area contributed by atoms with Crippen LogP contribution in [-0.4, -0.2) is 61.2 Å². The lowest BCUT2D eigenvalue weighted by molar-refractivity contribution is 0.000177. The number of piperazine rings is 1. The van der Waals surface area contributed by atoms with Gasteiger partial charge in [0.15, 0.2) is 0 Å². The molecule has 3 nitrogen and oxygen atoms in total. The minimum absolute atomic E-state index is 0.371. The zero-order chi connectivity index (χ0) is 14.8. The SMILES string of the molecule is CC(C)(C)CN1CCN(C(C)(C)C2CCNCC2)CC1. The van der Waals surface area contributed by atoms with E-state index in [1.165, 1.54) is 58.7 Å². The first-order valence-electron chi connectivity index (χ1n) is 8.47. The van der Waals surface area contributed by atoms with E-state index in [-0.39, 0.29) is 0 Å². The van der Waals surface area contributed by atoms with Crippen molar-refractivity contribution in [3.05, 3.63) is 0 Å². The molecule has 2 aliphatic rings. The Morgan fingerprint density at radius 1 is 0.900 bits per heavy atom. The van der Waals surface area contributed by atoms with Crippen molar-refractivity contribution in [3.8, 4) is 0 Å². The standard InChI is InChI=1S/C17H35N3/c1-16(2,3)14-19-10-12-20(13-11-19)17(4,5)15-6-8-18-9-7-15/h15,18H,6-14H2,1-5H3. The highest BCUT2D eigenvalue weighted by Gasteiger charge is 2.37. The van der Waals surface area contributed by atoms with Crippen molar-refractivity contribution in [1.82, 2.24) is 15.1 Å². The summed E-state index contributed by atoms with van der Waals surface area (Å²) in [4.78, 5) is 5.40. The van der Waals surface area contributed by atoms with E-state index < -0.39 is 0 Å². The Balaban J connectivity index is 1.85. The van der Waals surface area contributed by atoms with Gasteiger partial charge < -0.3 is 10.2 Å². The molecule has 118 valence electrons. The second-order valence-corrected chi connectivity index (χ2v) is 8.50. The van der Waals surface area contributed by atoms with Crippen LogP contribution in [0.25, 0.3) is 0 Å². The molecule has 0 aromatic rings. The van der Waals surface area contributed by atoms with E-state index in [1.54, 1.807) is 0 Å². The van der Waals surface area contributed by atoms with Crippen molar-refractivity contribution in [2.24, 2.45) is 11.3 Å². The Bertz CT molecular complexity index is 292. The summed E-state index contributed by atoms with van der Waals surface area (Å²) in [5.41, 5.74) is 0.794. The molecule has 2 rings (SSSR count). The number of rotatable bonds is 3. The van der Waals surface area contributed by atoms with Crippen LogP contribution < -0.4 is 5.32 Å². The van der Waals surface area contributed by atoms with Crippen LogP contribution in [-0.2, 0) is 0 Å². The molecule has 0 aliphatic carbocycles. The molecule has 2 aliphatic heterocycles. The maximum Gasteiger partial charge on any atom is 0.0183 e. The predicted molar refractivity (Wildman–Crippen MR) is 87.1 cm³/mol. The van der Waals surface area contributed by atoms with E-state index in [0.29, 0.717) is 11.0 Å². The lowest BCUT2D eigenvalue weighted by atomic mass is 9.79. The van der Waals surface area contributed by atoms with Crippen LogP contribution in [0.5, 0.6) is 0 Å². The average molecular weight is 281 g/mol. The van der Waals surface area contributed by atoms with Gasteiger partial charge in [-0.05, 0) is 51.1 Å². The molecule has 0 saturated carbocycles. The maximum atomic E-state index is 3.50. The second kappa shape index (κ2) is 6.33. The van der Waals surface area contributed by atoms with Gasteiger partial charge in [0.05, 0.1) is 0 Å². The Morgan fingerprint density at radius 2 is 1.45 bits per heavy atom. The van der Waals surface area contributed by atoms with Crippen molar-refractivity contribution < 1.29 is 0 Å². The van der Waals surface area contributed by atoms with Gasteiger partial charge in [-0.25, -0.2) is 0 Å². The Morgan fingerprint density at radius 3 is 1.95 bits per heavy atom. The van der Waals surface area contributed by atoms with Gasteiger partial charge in [0.2, 0.25) is 0 Å². The van der Waals surface area contributed by atoms with E-state index in [1.807, 2.05) is 0 Å². The predicted octanol–water partition coefficient (Wildman–Crippen LogP) is 2.43. The van der Waals surface area contributed by atoms with Gasteiger partial charge in [-0.15, -0.1) is 0 Å². The largest absolute Gasteiger partial charge is 0.317 e. The number of hydrogen-bond acceptors (Lipinski definition) is 3. The van der Waals surface area contributed by atoms with E-state index in [0.717, 1.165) is 5.92 Å². The average Bonchev–Trinajstić information content (AvgIpc) is 2.38. The van der Waals surface area contributed by atoms with Crippen molar-refractivity contribution in [2.75, 3.05) is 45.8 Å². The highest BCUT2D eigenvalue weighted by Crippen LogP contribution is 2.32. The normalized spacial score (nSPS) is 25.1. The highest BCUT2D eigenvalue weighted by atomic mass is 15.3. The monoisotopic (exact) mass is 281 g/mol. The molecule has 0 aromatic carbocycles. The minimum Gasteiger partial charge on any atom is -0.317 e. The first kappa shape index (κ1) is 16.3. The Kier molecular flexibility index (Phi) is 5.14. The molecule has 1 N–H and O–H groups in total. The van der Waals surface area contributed by atoms with Crippen molar-refractivity contribution in [2.45, 2.75) is 53.0 Å². The van der Waals surface area contributed by atoms with Crippen LogP contribution in [0, 0.1) is 11.3 Å². The van der Waals surface area contributed by atoms with Crippen molar-refractivity contribution in [1.29, 1.82) is 0 Å². The fourth-order valence-electron chi connectivity index (χ4n) is 3.94. The molecule has 0 bridgehead atoms. The smallest absolute Gasteiger partial charge is 0.0183 e. The van der Waals surface area contributed by atoms with Gasteiger partial charge in [-0.3, -0.25) is 4.90 Å². The maximum absolute atomic E-state index is 3.50. The first-order valence-corrected chi connectivity index (χ1v) is 8.47. The highest BCUT2D eigenvalue weighted by molar-refractivity contribution is 4.93. The molecule has 0 atom stereocenters. The summed E-state index contributed by atoms with van der Waals surface area (Å²) >= 11 is 0. The van der Waals surface area contributed by atoms with Crippen LogP contribution in [0.3, 0.4) is 0 Å². The van der Waals surface area contributed by atoms with E-state index in [4.69, 9.17) is 0 Å². The molecule has 0 unspecified atom stereocenters. The summed E-state index contributed by atoms with van der Waals surface area (Å²) in [6.07, 6.45) is 2.68. The molecule has 20 heavy (non-hydrogen) atoms. The van der Waals surface area contributed by atoms with E-state index in [2.05, 4.69) is 49.7 Å². The summed E-state index contributed by atoms with van der Waals surface area (Å²) in [7, 11) is 0. The van der Waals surface area contributed by atoms with Gasteiger partial charge in [0.1, 0.15) is 0 Å². The third-order valence-electron chi connectivity index (χ3n) is 5.22. The minimum atomic E-state index is 0.371. The summed E-state index contributed by atoms with van der Waals surface area (Å²) in [6, 6.07) is 0. The molecule has 0 radical (unpaired) electrons. The van der Waals surface area contributed by atoms with Crippen LogP contribution in [0.1, 0.15) is 47.5 Å². The van der Waals surface area contributed by atoms with Gasteiger partial charge in [-0.2, -0.15) is 0 Å². The van der Waals surface area contributed by atoms with Gasteiger partial charge in [0, 0.05) is 38.3 Å². The van der Waals surface area contributed by atoms with Crippen molar-refractivity contribution in [3.63, 3.8) is 0 Å². The Labute approximate surface area is 126 Å². The molecule has 0 aromatic heterocycles. The van der Waals surface area contributed by atoms with Crippen LogP contribution in [0.4, 0.5) is 0 Å². The first-order chi connectivity index (χ1) is 9.29. The lowest BCUT2D eigenvalue weighted by Crippen LogP contribution is -2.59. The summed E-state index contributed by atoms with van der Waals surface area (Å²) in [5.74, 6) is 0.859. The van der Waals surface area contributed by atoms with Gasteiger partial charge >= 0.3 is 0 Å². The number of hydrogen-bond donors (Lipinski definition) is 1. The fourth-order valence-corrected chi connectivity index (χ4v) is 3.94. The third-order valence-corrected chi connectivity index (χ3v) is 5.22. The molecule has 0 amide bonds. The quantitative estimate of drug-likeness (QED) is 0.857. The van der Waals surface area contributed by atoms with Crippen LogP contribution >= 0.6 is 0 Å². The molecule has 3 heteroatoms. The fraction of sp³-hybridized carbons (Fsp3) is 1.00. The van der Waals surface area contributed by atoms with E-state index in [9.17, 15) is 0 Å². The number of nitrogens with zero attached hydrogens (tertiary/aromatic N) is 2. The Hall–Kier alpha value is -0.120. The molecular weight excluding hydrogens is 246 g/mol. The number of piperidine rings is 1. The second-order valence-electron chi connectivity index (χ2n) is 8.50. The third kappa shape index (κ3) is 4.19. The van der Waals surface area contributed by atoms with Crippen LogP contribution in [0.2, 0.25) is 0 Å².